The normalized spacial score (nSPS) is 15.4. The molecule has 0 aromatic heterocycles. The molecule has 0 saturated carbocycles. The molecule has 0 bridgehead atoms. The van der Waals surface area contributed by atoms with Crippen LogP contribution in [0.3, 0.4) is 0 Å². The lowest BCUT2D eigenvalue weighted by atomic mass is 10.0. The molecule has 0 fully saturated rings. The number of hydrogen-bond donors (Lipinski definition) is 1. The molecule has 98 valence electrons. The third-order valence-electron chi connectivity index (χ3n) is 3.56. The fraction of sp³-hybridized carbons (Fsp3) is 1.00. The Morgan fingerprint density at radius 1 is 0.875 bits per heavy atom. The molecule has 1 atom stereocenters. The molecule has 16 heavy (non-hydrogen) atoms. The summed E-state index contributed by atoms with van der Waals surface area (Å²) in [5.41, 5.74) is 6.04. The van der Waals surface area contributed by atoms with Crippen molar-refractivity contribution < 1.29 is 0 Å². The zero-order valence-electron chi connectivity index (χ0n) is 11.9. The van der Waals surface area contributed by atoms with E-state index in [4.69, 9.17) is 5.73 Å². The first-order valence-electron chi connectivity index (χ1n) is 6.97. The van der Waals surface area contributed by atoms with Crippen molar-refractivity contribution in [2.75, 3.05) is 14.1 Å². The maximum atomic E-state index is 6.17. The van der Waals surface area contributed by atoms with Gasteiger partial charge in [-0.2, -0.15) is 0 Å². The van der Waals surface area contributed by atoms with E-state index >= 15 is 0 Å². The molecule has 0 rings (SSSR count). The second-order valence-corrected chi connectivity index (χ2v) is 5.48. The van der Waals surface area contributed by atoms with E-state index in [1.54, 1.807) is 0 Å². The summed E-state index contributed by atoms with van der Waals surface area (Å²) in [6.45, 7) is 4.39. The second-order valence-electron chi connectivity index (χ2n) is 5.48. The Bertz CT molecular complexity index is 153. The standard InChI is InChI=1S/C14H32N2/c1-5-6-7-8-9-10-11-12-13-14(2,15)16(3)4/h5-13,15H2,1-4H3. The SMILES string of the molecule is CCCCCCCCCCC(C)(N)N(C)C. The van der Waals surface area contributed by atoms with Crippen molar-refractivity contribution in [1.29, 1.82) is 0 Å². The van der Waals surface area contributed by atoms with E-state index in [-0.39, 0.29) is 5.66 Å². The minimum Gasteiger partial charge on any atom is -0.313 e. The third kappa shape index (κ3) is 8.12. The van der Waals surface area contributed by atoms with Gasteiger partial charge in [-0.3, -0.25) is 4.90 Å². The summed E-state index contributed by atoms with van der Waals surface area (Å²) in [5, 5.41) is 0. The van der Waals surface area contributed by atoms with Crippen molar-refractivity contribution in [2.45, 2.75) is 77.3 Å². The minimum atomic E-state index is -0.123. The topological polar surface area (TPSA) is 29.3 Å². The van der Waals surface area contributed by atoms with E-state index in [2.05, 4.69) is 32.8 Å². The fourth-order valence-electron chi connectivity index (χ4n) is 1.84. The summed E-state index contributed by atoms with van der Waals surface area (Å²) in [6.07, 6.45) is 12.1. The average molecular weight is 228 g/mol. The zero-order valence-corrected chi connectivity index (χ0v) is 11.9. The van der Waals surface area contributed by atoms with E-state index in [1.165, 1.54) is 51.4 Å². The number of unbranched alkanes of at least 4 members (excludes halogenated alkanes) is 7. The Labute approximate surface area is 103 Å². The summed E-state index contributed by atoms with van der Waals surface area (Å²) in [5.74, 6) is 0. The van der Waals surface area contributed by atoms with Gasteiger partial charge in [-0.1, -0.05) is 58.3 Å². The number of rotatable bonds is 10. The van der Waals surface area contributed by atoms with Crippen molar-refractivity contribution in [2.24, 2.45) is 5.73 Å². The van der Waals surface area contributed by atoms with Gasteiger partial charge in [0.25, 0.3) is 0 Å². The van der Waals surface area contributed by atoms with Crippen LogP contribution in [0.5, 0.6) is 0 Å². The Balaban J connectivity index is 3.27. The first-order chi connectivity index (χ1) is 7.50. The largest absolute Gasteiger partial charge is 0.313 e. The molecule has 0 heterocycles. The lowest BCUT2D eigenvalue weighted by Gasteiger charge is -2.32. The Morgan fingerprint density at radius 3 is 1.75 bits per heavy atom. The van der Waals surface area contributed by atoms with Crippen molar-refractivity contribution in [1.82, 2.24) is 4.90 Å². The lowest BCUT2D eigenvalue weighted by Crippen LogP contribution is -2.49. The van der Waals surface area contributed by atoms with Gasteiger partial charge in [0, 0.05) is 0 Å². The van der Waals surface area contributed by atoms with Gasteiger partial charge in [0.15, 0.2) is 0 Å². The van der Waals surface area contributed by atoms with Crippen LogP contribution in [-0.2, 0) is 0 Å². The molecule has 2 nitrogen and oxygen atoms in total. The van der Waals surface area contributed by atoms with E-state index in [0.717, 1.165) is 6.42 Å². The first kappa shape index (κ1) is 15.9. The monoisotopic (exact) mass is 228 g/mol. The fourth-order valence-corrected chi connectivity index (χ4v) is 1.84. The highest BCUT2D eigenvalue weighted by atomic mass is 15.2. The molecule has 2 N–H and O–H groups in total. The van der Waals surface area contributed by atoms with E-state index < -0.39 is 0 Å². The molecule has 0 aliphatic carbocycles. The van der Waals surface area contributed by atoms with Crippen LogP contribution in [0, 0.1) is 0 Å². The molecular weight excluding hydrogens is 196 g/mol. The van der Waals surface area contributed by atoms with Crippen molar-refractivity contribution in [3.8, 4) is 0 Å². The molecule has 2 heteroatoms. The van der Waals surface area contributed by atoms with Crippen LogP contribution >= 0.6 is 0 Å². The van der Waals surface area contributed by atoms with Gasteiger partial charge < -0.3 is 5.73 Å². The van der Waals surface area contributed by atoms with Gasteiger partial charge >= 0.3 is 0 Å². The van der Waals surface area contributed by atoms with Gasteiger partial charge in [-0.05, 0) is 27.4 Å². The highest BCUT2D eigenvalue weighted by molar-refractivity contribution is 4.74. The van der Waals surface area contributed by atoms with Gasteiger partial charge in [0.05, 0.1) is 5.66 Å². The Kier molecular flexibility index (Phi) is 8.96. The Hall–Kier alpha value is -0.0800. The van der Waals surface area contributed by atoms with Crippen LogP contribution in [0.4, 0.5) is 0 Å². The first-order valence-corrected chi connectivity index (χ1v) is 6.97. The van der Waals surface area contributed by atoms with E-state index in [1.807, 2.05) is 0 Å². The van der Waals surface area contributed by atoms with Crippen LogP contribution in [0.25, 0.3) is 0 Å². The maximum absolute atomic E-state index is 6.17. The molecule has 0 amide bonds. The number of nitrogens with two attached hydrogens (primary N) is 1. The van der Waals surface area contributed by atoms with E-state index in [0.29, 0.717) is 0 Å². The third-order valence-corrected chi connectivity index (χ3v) is 3.56. The molecule has 0 aromatic rings. The van der Waals surface area contributed by atoms with E-state index in [9.17, 15) is 0 Å². The predicted molar refractivity (Wildman–Crippen MR) is 73.5 cm³/mol. The summed E-state index contributed by atoms with van der Waals surface area (Å²) < 4.78 is 0. The molecule has 0 radical (unpaired) electrons. The lowest BCUT2D eigenvalue weighted by molar-refractivity contribution is 0.163. The highest BCUT2D eigenvalue weighted by Gasteiger charge is 2.19. The zero-order chi connectivity index (χ0) is 12.4. The van der Waals surface area contributed by atoms with Gasteiger partial charge in [-0.25, -0.2) is 0 Å². The maximum Gasteiger partial charge on any atom is 0.0653 e. The number of hydrogen-bond acceptors (Lipinski definition) is 2. The highest BCUT2D eigenvalue weighted by Crippen LogP contribution is 2.15. The van der Waals surface area contributed by atoms with Crippen LogP contribution in [0.2, 0.25) is 0 Å². The van der Waals surface area contributed by atoms with Crippen molar-refractivity contribution >= 4 is 0 Å². The molecule has 1 unspecified atom stereocenters. The summed E-state index contributed by atoms with van der Waals surface area (Å²) in [4.78, 5) is 2.12. The average Bonchev–Trinajstić information content (AvgIpc) is 2.21. The molecule has 0 aliphatic heterocycles. The smallest absolute Gasteiger partial charge is 0.0653 e. The summed E-state index contributed by atoms with van der Waals surface area (Å²) in [6, 6.07) is 0. The summed E-state index contributed by atoms with van der Waals surface area (Å²) >= 11 is 0. The molecule has 0 spiro atoms. The quantitative estimate of drug-likeness (QED) is 0.456. The molecule has 0 aromatic carbocycles. The van der Waals surface area contributed by atoms with Crippen LogP contribution in [-0.4, -0.2) is 24.7 Å². The number of nitrogens with zero attached hydrogens (tertiary/aromatic N) is 1. The van der Waals surface area contributed by atoms with Crippen LogP contribution in [0.15, 0.2) is 0 Å². The minimum absolute atomic E-state index is 0.123. The molecule has 0 saturated heterocycles. The van der Waals surface area contributed by atoms with Gasteiger partial charge in [0.2, 0.25) is 0 Å². The van der Waals surface area contributed by atoms with Crippen molar-refractivity contribution in [3.63, 3.8) is 0 Å². The summed E-state index contributed by atoms with van der Waals surface area (Å²) in [7, 11) is 4.12. The van der Waals surface area contributed by atoms with Crippen LogP contribution < -0.4 is 5.73 Å². The Morgan fingerprint density at radius 2 is 1.31 bits per heavy atom. The van der Waals surface area contributed by atoms with Crippen molar-refractivity contribution in [3.05, 3.63) is 0 Å². The molecular formula is C14H32N2. The predicted octanol–water partition coefficient (Wildman–Crippen LogP) is 3.75. The van der Waals surface area contributed by atoms with Crippen LogP contribution in [0.1, 0.15) is 71.6 Å². The molecule has 0 aliphatic rings. The van der Waals surface area contributed by atoms with Gasteiger partial charge in [0.1, 0.15) is 0 Å². The van der Waals surface area contributed by atoms with Gasteiger partial charge in [-0.15, -0.1) is 0 Å². The second kappa shape index (κ2) is 9.00.